The Morgan fingerprint density at radius 3 is 2.48 bits per heavy atom. The summed E-state index contributed by atoms with van der Waals surface area (Å²) in [7, 11) is 0. The number of ether oxygens (including phenoxy) is 1. The van der Waals surface area contributed by atoms with Gasteiger partial charge in [0, 0.05) is 6.54 Å². The lowest BCUT2D eigenvalue weighted by molar-refractivity contribution is -0.0774. The third-order valence-electron chi connectivity index (χ3n) is 3.81. The van der Waals surface area contributed by atoms with Crippen molar-refractivity contribution in [2.45, 2.75) is 58.5 Å². The number of hydrogen-bond donors (Lipinski definition) is 0. The van der Waals surface area contributed by atoms with Gasteiger partial charge in [-0.2, -0.15) is 13.2 Å². The first-order valence-electron chi connectivity index (χ1n) is 8.87. The molecule has 0 saturated heterocycles. The fraction of sp³-hybridized carbons (Fsp3) is 0.550. The fourth-order valence-electron chi connectivity index (χ4n) is 2.29. The summed E-state index contributed by atoms with van der Waals surface area (Å²) < 4.78 is 43.6. The molecule has 0 fully saturated rings. The molecule has 0 saturated carbocycles. The second-order valence-corrected chi connectivity index (χ2v) is 6.09. The molecule has 0 amide bonds. The first-order chi connectivity index (χ1) is 11.9. The van der Waals surface area contributed by atoms with Gasteiger partial charge in [-0.1, -0.05) is 62.1 Å². The van der Waals surface area contributed by atoms with Crippen LogP contribution in [0.4, 0.5) is 13.2 Å². The number of rotatable bonds is 10. The zero-order valence-corrected chi connectivity index (χ0v) is 15.1. The van der Waals surface area contributed by atoms with E-state index in [1.165, 1.54) is 5.56 Å². The normalized spacial score (nSPS) is 13.2. The smallest absolute Gasteiger partial charge is 0.468 e. The van der Waals surface area contributed by atoms with Crippen molar-refractivity contribution in [1.29, 1.82) is 0 Å². The van der Waals surface area contributed by atoms with Crippen LogP contribution in [-0.2, 0) is 11.2 Å². The van der Waals surface area contributed by atoms with Crippen LogP contribution >= 0.6 is 0 Å². The first kappa shape index (κ1) is 21.3. The van der Waals surface area contributed by atoms with Gasteiger partial charge < -0.3 is 4.74 Å². The molecule has 0 N–H and O–H groups in total. The van der Waals surface area contributed by atoms with Crippen LogP contribution in [0.2, 0.25) is 0 Å². The highest BCUT2D eigenvalue weighted by atomic mass is 19.4. The second kappa shape index (κ2) is 11.7. The number of nitrogens with zero attached hydrogens (tertiary/aromatic N) is 1. The summed E-state index contributed by atoms with van der Waals surface area (Å²) in [5.41, 5.74) is 2.22. The third kappa shape index (κ3) is 9.95. The molecule has 0 spiro atoms. The van der Waals surface area contributed by atoms with Crippen molar-refractivity contribution >= 4 is 5.90 Å². The maximum Gasteiger partial charge on any atom is 0.468 e. The lowest BCUT2D eigenvalue weighted by Crippen LogP contribution is -2.26. The molecule has 0 aliphatic heterocycles. The molecule has 1 aromatic rings. The average molecular weight is 355 g/mol. The van der Waals surface area contributed by atoms with Crippen molar-refractivity contribution in [3.05, 3.63) is 47.5 Å². The summed E-state index contributed by atoms with van der Waals surface area (Å²) in [6, 6.07) is 9.99. The number of allylic oxidation sites excluding steroid dienone is 1. The van der Waals surface area contributed by atoms with Gasteiger partial charge in [-0.05, 0) is 37.8 Å². The highest BCUT2D eigenvalue weighted by molar-refractivity contribution is 5.81. The molecule has 1 rings (SSSR count). The lowest BCUT2D eigenvalue weighted by Gasteiger charge is -2.11. The summed E-state index contributed by atoms with van der Waals surface area (Å²) in [6.45, 7) is 4.01. The quantitative estimate of drug-likeness (QED) is 0.214. The lowest BCUT2D eigenvalue weighted by atomic mass is 10.1. The predicted octanol–water partition coefficient (Wildman–Crippen LogP) is 6.12. The standard InChI is InChI=1S/C20H28F3NO/c1-3-4-5-9-15-24-19(20(21,22)23)25-16-14-17(2)12-13-18-10-7-6-8-11-18/h6-8,10-11,14H,3-5,9,12-13,15-16H2,1-2H3/b17-14+,24-19?. The van der Waals surface area contributed by atoms with Gasteiger partial charge in [0.2, 0.25) is 0 Å². The van der Waals surface area contributed by atoms with E-state index in [1.54, 1.807) is 6.08 Å². The Morgan fingerprint density at radius 1 is 1.12 bits per heavy atom. The predicted molar refractivity (Wildman–Crippen MR) is 97.0 cm³/mol. The number of aryl methyl sites for hydroxylation is 1. The van der Waals surface area contributed by atoms with Gasteiger partial charge in [0.15, 0.2) is 0 Å². The highest BCUT2D eigenvalue weighted by Gasteiger charge is 2.37. The topological polar surface area (TPSA) is 21.6 Å². The van der Waals surface area contributed by atoms with E-state index in [4.69, 9.17) is 4.74 Å². The van der Waals surface area contributed by atoms with Crippen molar-refractivity contribution in [3.8, 4) is 0 Å². The fourth-order valence-corrected chi connectivity index (χ4v) is 2.29. The molecule has 0 heterocycles. The highest BCUT2D eigenvalue weighted by Crippen LogP contribution is 2.19. The molecule has 2 nitrogen and oxygen atoms in total. The van der Waals surface area contributed by atoms with Crippen molar-refractivity contribution in [2.24, 2.45) is 4.99 Å². The summed E-state index contributed by atoms with van der Waals surface area (Å²) in [6.07, 6.45) is 2.42. The summed E-state index contributed by atoms with van der Waals surface area (Å²) >= 11 is 0. The number of hydrogen-bond acceptors (Lipinski definition) is 2. The van der Waals surface area contributed by atoms with Crippen LogP contribution in [0.5, 0.6) is 0 Å². The molecule has 0 aliphatic rings. The molecule has 1 aromatic carbocycles. The molecule has 5 heteroatoms. The van der Waals surface area contributed by atoms with Gasteiger partial charge in [0.1, 0.15) is 6.61 Å². The molecular weight excluding hydrogens is 327 g/mol. The third-order valence-corrected chi connectivity index (χ3v) is 3.81. The van der Waals surface area contributed by atoms with Gasteiger partial charge in [0.25, 0.3) is 5.90 Å². The summed E-state index contributed by atoms with van der Waals surface area (Å²) in [5.74, 6) is -1.11. The van der Waals surface area contributed by atoms with Gasteiger partial charge in [-0.3, -0.25) is 0 Å². The van der Waals surface area contributed by atoms with E-state index in [9.17, 15) is 13.2 Å². The Kier molecular flexibility index (Phi) is 9.97. The van der Waals surface area contributed by atoms with E-state index in [0.717, 1.165) is 37.7 Å². The Morgan fingerprint density at radius 2 is 1.84 bits per heavy atom. The van der Waals surface area contributed by atoms with Gasteiger partial charge in [-0.25, -0.2) is 4.99 Å². The molecule has 25 heavy (non-hydrogen) atoms. The number of halogens is 3. The number of benzene rings is 1. The minimum atomic E-state index is -4.53. The van der Waals surface area contributed by atoms with Crippen LogP contribution in [0.25, 0.3) is 0 Å². The van der Waals surface area contributed by atoms with Crippen LogP contribution < -0.4 is 0 Å². The maximum absolute atomic E-state index is 12.9. The SMILES string of the molecule is CCCCCCN=C(OC/C=C(\C)CCc1ccccc1)C(F)(F)F. The van der Waals surface area contributed by atoms with E-state index < -0.39 is 12.1 Å². The molecule has 0 radical (unpaired) electrons. The Bertz CT molecular complexity index is 536. The van der Waals surface area contributed by atoms with E-state index >= 15 is 0 Å². The first-order valence-corrected chi connectivity index (χ1v) is 8.87. The molecule has 0 aliphatic carbocycles. The van der Waals surface area contributed by atoms with Crippen LogP contribution in [0.1, 0.15) is 51.5 Å². The molecule has 0 bridgehead atoms. The Balaban J connectivity index is 2.42. The van der Waals surface area contributed by atoms with Gasteiger partial charge in [0.05, 0.1) is 0 Å². The monoisotopic (exact) mass is 355 g/mol. The van der Waals surface area contributed by atoms with E-state index in [2.05, 4.69) is 11.9 Å². The number of unbranched alkanes of at least 4 members (excludes halogenated alkanes) is 3. The van der Waals surface area contributed by atoms with Crippen LogP contribution in [-0.4, -0.2) is 25.2 Å². The largest absolute Gasteiger partial charge is 0.470 e. The Hall–Kier alpha value is -1.78. The van der Waals surface area contributed by atoms with Crippen molar-refractivity contribution < 1.29 is 17.9 Å². The molecule has 0 atom stereocenters. The second-order valence-electron chi connectivity index (χ2n) is 6.09. The molecular formula is C20H28F3NO. The Labute approximate surface area is 148 Å². The van der Waals surface area contributed by atoms with Crippen molar-refractivity contribution in [2.75, 3.05) is 13.2 Å². The summed E-state index contributed by atoms with van der Waals surface area (Å²) in [5, 5.41) is 0. The molecule has 140 valence electrons. The van der Waals surface area contributed by atoms with Crippen LogP contribution in [0.3, 0.4) is 0 Å². The number of aliphatic imine (C=N–C) groups is 1. The van der Waals surface area contributed by atoms with Crippen molar-refractivity contribution in [1.82, 2.24) is 0 Å². The van der Waals surface area contributed by atoms with Crippen LogP contribution in [0, 0.1) is 0 Å². The molecule has 0 unspecified atom stereocenters. The van der Waals surface area contributed by atoms with Crippen LogP contribution in [0.15, 0.2) is 47.0 Å². The minimum absolute atomic E-state index is 0.103. The zero-order chi connectivity index (χ0) is 18.5. The average Bonchev–Trinajstić information content (AvgIpc) is 2.58. The zero-order valence-electron chi connectivity index (χ0n) is 15.1. The molecule has 0 aromatic heterocycles. The number of alkyl halides is 3. The van der Waals surface area contributed by atoms with E-state index in [-0.39, 0.29) is 13.2 Å². The van der Waals surface area contributed by atoms with E-state index in [1.807, 2.05) is 37.3 Å². The van der Waals surface area contributed by atoms with Gasteiger partial charge in [-0.15, -0.1) is 0 Å². The minimum Gasteiger partial charge on any atom is -0.470 e. The van der Waals surface area contributed by atoms with E-state index in [0.29, 0.717) is 6.42 Å². The maximum atomic E-state index is 12.9. The van der Waals surface area contributed by atoms with Crippen molar-refractivity contribution in [3.63, 3.8) is 0 Å². The van der Waals surface area contributed by atoms with Gasteiger partial charge >= 0.3 is 6.18 Å². The summed E-state index contributed by atoms with van der Waals surface area (Å²) in [4.78, 5) is 3.60.